The van der Waals surface area contributed by atoms with Crippen LogP contribution in [-0.2, 0) is 9.59 Å². The van der Waals surface area contributed by atoms with Crippen molar-refractivity contribution in [2.45, 2.75) is 38.1 Å². The van der Waals surface area contributed by atoms with E-state index < -0.39 is 12.0 Å². The number of aromatic nitrogens is 2. The normalized spacial score (nSPS) is 22.2. The van der Waals surface area contributed by atoms with E-state index in [9.17, 15) is 14.7 Å². The third kappa shape index (κ3) is 3.47. The van der Waals surface area contributed by atoms with Gasteiger partial charge in [0.15, 0.2) is 11.9 Å². The van der Waals surface area contributed by atoms with Gasteiger partial charge in [-0.15, -0.1) is 0 Å². The molecule has 0 radical (unpaired) electrons. The second-order valence-corrected chi connectivity index (χ2v) is 7.06. The van der Waals surface area contributed by atoms with Gasteiger partial charge in [0, 0.05) is 19.5 Å². The molecule has 1 saturated heterocycles. The van der Waals surface area contributed by atoms with E-state index in [4.69, 9.17) is 4.52 Å². The van der Waals surface area contributed by atoms with Gasteiger partial charge in [-0.25, -0.2) is 4.79 Å². The number of nitrogens with zero attached hydrogens (tertiary/aromatic N) is 5. The minimum Gasteiger partial charge on any atom is -0.480 e. The molecule has 1 N–H and O–H groups in total. The van der Waals surface area contributed by atoms with Gasteiger partial charge in [0.25, 0.3) is 5.91 Å². The van der Waals surface area contributed by atoms with Crippen LogP contribution in [0, 0.1) is 6.92 Å². The van der Waals surface area contributed by atoms with Crippen LogP contribution in [0.15, 0.2) is 40.0 Å². The molecule has 2 aliphatic heterocycles. The van der Waals surface area contributed by atoms with Gasteiger partial charge >= 0.3 is 5.97 Å². The minimum absolute atomic E-state index is 0.0126. The molecular formula is C19H21N5O4. The van der Waals surface area contributed by atoms with Crippen LogP contribution in [0.1, 0.15) is 36.9 Å². The molecule has 2 aliphatic rings. The lowest BCUT2D eigenvalue weighted by Gasteiger charge is -2.30. The Morgan fingerprint density at radius 2 is 2.04 bits per heavy atom. The Labute approximate surface area is 161 Å². The second kappa shape index (κ2) is 7.41. The molecular weight excluding hydrogens is 362 g/mol. The predicted octanol–water partition coefficient (Wildman–Crippen LogP) is 1.80. The van der Waals surface area contributed by atoms with Gasteiger partial charge in [-0.3, -0.25) is 9.80 Å². The van der Waals surface area contributed by atoms with Crippen molar-refractivity contribution in [1.82, 2.24) is 15.0 Å². The van der Waals surface area contributed by atoms with Crippen molar-refractivity contribution in [3.8, 4) is 0 Å². The molecule has 1 fully saturated rings. The molecule has 0 spiro atoms. The Balaban J connectivity index is 1.53. The molecule has 146 valence electrons. The molecule has 9 heteroatoms. The maximum Gasteiger partial charge on any atom is 0.328 e. The first-order valence-corrected chi connectivity index (χ1v) is 9.27. The molecule has 2 aromatic rings. The van der Waals surface area contributed by atoms with Crippen molar-refractivity contribution < 1.29 is 19.2 Å². The number of carboxylic acid groups (broad SMARTS) is 1. The van der Waals surface area contributed by atoms with Gasteiger partial charge < -0.3 is 14.5 Å². The van der Waals surface area contributed by atoms with Crippen LogP contribution >= 0.6 is 0 Å². The van der Waals surface area contributed by atoms with Crippen LogP contribution in [0.2, 0.25) is 0 Å². The van der Waals surface area contributed by atoms with E-state index in [1.54, 1.807) is 24.0 Å². The van der Waals surface area contributed by atoms with Crippen molar-refractivity contribution in [2.75, 3.05) is 18.1 Å². The van der Waals surface area contributed by atoms with E-state index >= 15 is 0 Å². The summed E-state index contributed by atoms with van der Waals surface area (Å²) in [5.74, 6) is -0.139. The van der Waals surface area contributed by atoms with Crippen molar-refractivity contribution in [2.24, 2.45) is 5.10 Å². The molecule has 4 rings (SSSR count). The van der Waals surface area contributed by atoms with Gasteiger partial charge in [-0.1, -0.05) is 23.4 Å². The molecule has 2 atom stereocenters. The topological polar surface area (TPSA) is 112 Å². The Bertz CT molecular complexity index is 910. The lowest BCUT2D eigenvalue weighted by molar-refractivity contribution is -0.138. The highest BCUT2D eigenvalue weighted by atomic mass is 16.5. The Hall–Kier alpha value is -3.23. The fraction of sp³-hybridized carbons (Fsp3) is 0.421. The lowest BCUT2D eigenvalue weighted by Crippen LogP contribution is -2.43. The summed E-state index contributed by atoms with van der Waals surface area (Å²) in [6.45, 7) is 2.82. The van der Waals surface area contributed by atoms with Crippen LogP contribution in [0.25, 0.3) is 0 Å². The summed E-state index contributed by atoms with van der Waals surface area (Å²) in [7, 11) is 0. The SMILES string of the molecule is Cc1noc(C2CCCN(C(=O)C3=NN(c4ccccc4)C(C(=O)O)C3)C2)n1. The maximum atomic E-state index is 13.0. The highest BCUT2D eigenvalue weighted by molar-refractivity contribution is 6.40. The first kappa shape index (κ1) is 18.1. The van der Waals surface area contributed by atoms with Crippen molar-refractivity contribution in [1.29, 1.82) is 0 Å². The fourth-order valence-corrected chi connectivity index (χ4v) is 3.68. The van der Waals surface area contributed by atoms with Gasteiger partial charge in [0.1, 0.15) is 5.71 Å². The number of carboxylic acids is 1. The average Bonchev–Trinajstić information content (AvgIpc) is 3.35. The molecule has 2 unspecified atom stereocenters. The number of likely N-dealkylation sites (tertiary alicyclic amines) is 1. The number of para-hydroxylation sites is 1. The number of rotatable bonds is 4. The van der Waals surface area contributed by atoms with Crippen LogP contribution < -0.4 is 5.01 Å². The summed E-state index contributed by atoms with van der Waals surface area (Å²) in [6.07, 6.45) is 1.76. The summed E-state index contributed by atoms with van der Waals surface area (Å²) < 4.78 is 5.27. The number of carbonyl (C=O) groups is 2. The maximum absolute atomic E-state index is 13.0. The van der Waals surface area contributed by atoms with E-state index in [1.165, 1.54) is 5.01 Å². The van der Waals surface area contributed by atoms with Gasteiger partial charge in [-0.2, -0.15) is 10.1 Å². The van der Waals surface area contributed by atoms with E-state index in [2.05, 4.69) is 15.2 Å². The monoisotopic (exact) mass is 383 g/mol. The number of carbonyl (C=O) groups excluding carboxylic acids is 1. The van der Waals surface area contributed by atoms with Gasteiger partial charge in [-0.05, 0) is 31.9 Å². The van der Waals surface area contributed by atoms with Crippen molar-refractivity contribution in [3.05, 3.63) is 42.0 Å². The van der Waals surface area contributed by atoms with Crippen molar-refractivity contribution >= 4 is 23.3 Å². The van der Waals surface area contributed by atoms with E-state index in [1.807, 2.05) is 18.2 Å². The second-order valence-electron chi connectivity index (χ2n) is 7.06. The van der Waals surface area contributed by atoms with Gasteiger partial charge in [0.05, 0.1) is 11.6 Å². The summed E-state index contributed by atoms with van der Waals surface area (Å²) in [5.41, 5.74) is 0.911. The molecule has 3 heterocycles. The summed E-state index contributed by atoms with van der Waals surface area (Å²) >= 11 is 0. The van der Waals surface area contributed by atoms with Crippen LogP contribution in [0.5, 0.6) is 0 Å². The Morgan fingerprint density at radius 3 is 2.71 bits per heavy atom. The third-order valence-corrected chi connectivity index (χ3v) is 5.06. The number of hydrogen-bond acceptors (Lipinski definition) is 7. The summed E-state index contributed by atoms with van der Waals surface area (Å²) in [6, 6.07) is 8.14. The van der Waals surface area contributed by atoms with Crippen LogP contribution in [0.3, 0.4) is 0 Å². The summed E-state index contributed by atoms with van der Waals surface area (Å²) in [5, 5.41) is 19.2. The zero-order valence-electron chi connectivity index (χ0n) is 15.5. The highest BCUT2D eigenvalue weighted by Crippen LogP contribution is 2.28. The summed E-state index contributed by atoms with van der Waals surface area (Å²) in [4.78, 5) is 30.7. The van der Waals surface area contributed by atoms with Crippen LogP contribution in [-0.4, -0.2) is 56.9 Å². The average molecular weight is 383 g/mol. The molecule has 28 heavy (non-hydrogen) atoms. The zero-order valence-corrected chi connectivity index (χ0v) is 15.5. The van der Waals surface area contributed by atoms with Crippen molar-refractivity contribution in [3.63, 3.8) is 0 Å². The van der Waals surface area contributed by atoms with Crippen LogP contribution in [0.4, 0.5) is 5.69 Å². The molecule has 0 saturated carbocycles. The number of hydrogen-bond donors (Lipinski definition) is 1. The number of benzene rings is 1. The number of aliphatic carboxylic acids is 1. The molecule has 0 aliphatic carbocycles. The molecule has 0 bridgehead atoms. The molecule has 1 aromatic heterocycles. The highest BCUT2D eigenvalue weighted by Gasteiger charge is 2.39. The first-order valence-electron chi connectivity index (χ1n) is 9.27. The smallest absolute Gasteiger partial charge is 0.328 e. The number of anilines is 1. The number of hydrazone groups is 1. The predicted molar refractivity (Wildman–Crippen MR) is 100.0 cm³/mol. The minimum atomic E-state index is -1.01. The third-order valence-electron chi connectivity index (χ3n) is 5.06. The molecule has 1 amide bonds. The fourth-order valence-electron chi connectivity index (χ4n) is 3.68. The molecule has 1 aromatic carbocycles. The Morgan fingerprint density at radius 1 is 1.25 bits per heavy atom. The largest absolute Gasteiger partial charge is 0.480 e. The first-order chi connectivity index (χ1) is 13.5. The zero-order chi connectivity index (χ0) is 19.7. The quantitative estimate of drug-likeness (QED) is 0.857. The van der Waals surface area contributed by atoms with Gasteiger partial charge in [0.2, 0.25) is 5.89 Å². The van der Waals surface area contributed by atoms with E-state index in [-0.39, 0.29) is 24.0 Å². The Kier molecular flexibility index (Phi) is 4.81. The standard InChI is InChI=1S/C19H21N5O4/c1-12-20-17(28-22-12)13-6-5-9-23(11-13)18(25)15-10-16(19(26)27)24(21-15)14-7-3-2-4-8-14/h2-4,7-8,13,16H,5-6,9-11H2,1H3,(H,26,27). The molecule has 9 nitrogen and oxygen atoms in total. The number of aryl methyl sites for hydroxylation is 1. The van der Waals surface area contributed by atoms with E-state index in [0.717, 1.165) is 12.8 Å². The number of piperidine rings is 1. The van der Waals surface area contributed by atoms with E-state index in [0.29, 0.717) is 30.5 Å². The number of amides is 1. The lowest BCUT2D eigenvalue weighted by atomic mass is 9.97.